The number of hydrogen-bond donors (Lipinski definition) is 1. The Hall–Kier alpha value is -2.87. The van der Waals surface area contributed by atoms with Gasteiger partial charge in [0.2, 0.25) is 11.1 Å². The zero-order valence-corrected chi connectivity index (χ0v) is 17.6. The lowest BCUT2D eigenvalue weighted by molar-refractivity contribution is -0.118. The van der Waals surface area contributed by atoms with Crippen molar-refractivity contribution in [2.45, 2.75) is 31.8 Å². The predicted molar refractivity (Wildman–Crippen MR) is 114 cm³/mol. The molecule has 3 rings (SSSR count). The Morgan fingerprint density at radius 2 is 2.00 bits per heavy atom. The van der Waals surface area contributed by atoms with E-state index in [-0.39, 0.29) is 11.7 Å². The second kappa shape index (κ2) is 10.1. The Morgan fingerprint density at radius 3 is 2.72 bits per heavy atom. The third-order valence-corrected chi connectivity index (χ3v) is 5.18. The highest BCUT2D eigenvalue weighted by atomic mass is 32.2. The quantitative estimate of drug-likeness (QED) is 0.429. The molecule has 0 unspecified atom stereocenters. The van der Waals surface area contributed by atoms with Crippen molar-refractivity contribution in [2.24, 2.45) is 0 Å². The number of carbonyl (C=O) groups is 1. The van der Waals surface area contributed by atoms with Crippen molar-refractivity contribution in [3.05, 3.63) is 59.7 Å². The fourth-order valence-corrected chi connectivity index (χ4v) is 3.40. The molecule has 0 aliphatic heterocycles. The molecule has 3 aromatic rings. The summed E-state index contributed by atoms with van der Waals surface area (Å²) in [5.74, 6) is 1.41. The number of carbonyl (C=O) groups excluding carboxylic acids is 1. The number of hydrogen-bond acceptors (Lipinski definition) is 6. The van der Waals surface area contributed by atoms with Crippen molar-refractivity contribution in [3.8, 4) is 11.4 Å². The molecule has 29 heavy (non-hydrogen) atoms. The van der Waals surface area contributed by atoms with Gasteiger partial charge in [0.25, 0.3) is 0 Å². The molecule has 0 fully saturated rings. The van der Waals surface area contributed by atoms with Crippen molar-refractivity contribution in [2.75, 3.05) is 18.9 Å². The van der Waals surface area contributed by atoms with E-state index >= 15 is 0 Å². The highest BCUT2D eigenvalue weighted by molar-refractivity contribution is 7.99. The van der Waals surface area contributed by atoms with E-state index in [1.165, 1.54) is 17.3 Å². The lowest BCUT2D eigenvalue weighted by Crippen LogP contribution is -2.29. The smallest absolute Gasteiger partial charge is 0.230 e. The molecule has 1 aromatic heterocycles. The number of benzene rings is 2. The lowest BCUT2D eigenvalue weighted by Gasteiger charge is -2.09. The number of aromatic nitrogens is 4. The van der Waals surface area contributed by atoms with Crippen molar-refractivity contribution in [1.82, 2.24) is 25.5 Å². The van der Waals surface area contributed by atoms with Gasteiger partial charge in [-0.25, -0.2) is 0 Å². The SMILES string of the molecule is Cc1cccc(OCCNC(=O)CSc2nnnn2-c2ccc(C(C)C)cc2)c1. The first-order chi connectivity index (χ1) is 14.0. The fraction of sp³-hybridized carbons (Fsp3) is 0.333. The molecule has 0 radical (unpaired) electrons. The molecule has 0 saturated carbocycles. The van der Waals surface area contributed by atoms with Crippen molar-refractivity contribution in [3.63, 3.8) is 0 Å². The summed E-state index contributed by atoms with van der Waals surface area (Å²) in [6.45, 7) is 7.17. The average molecular weight is 412 g/mol. The van der Waals surface area contributed by atoms with Crippen LogP contribution in [0, 0.1) is 6.92 Å². The van der Waals surface area contributed by atoms with Gasteiger partial charge in [-0.3, -0.25) is 4.79 Å². The molecule has 0 saturated heterocycles. The van der Waals surface area contributed by atoms with Crippen LogP contribution in [-0.4, -0.2) is 45.0 Å². The fourth-order valence-electron chi connectivity index (χ4n) is 2.68. The molecule has 0 aliphatic carbocycles. The highest BCUT2D eigenvalue weighted by Crippen LogP contribution is 2.20. The predicted octanol–water partition coefficient (Wildman–Crippen LogP) is 3.38. The van der Waals surface area contributed by atoms with Crippen molar-refractivity contribution >= 4 is 17.7 Å². The maximum Gasteiger partial charge on any atom is 0.230 e. The van der Waals surface area contributed by atoms with Gasteiger partial charge in [0.15, 0.2) is 0 Å². The molecule has 1 heterocycles. The molecular formula is C21H25N5O2S. The van der Waals surface area contributed by atoms with Crippen LogP contribution in [0.15, 0.2) is 53.7 Å². The van der Waals surface area contributed by atoms with Crippen LogP contribution in [0.25, 0.3) is 5.69 Å². The van der Waals surface area contributed by atoms with Crippen LogP contribution < -0.4 is 10.1 Å². The second-order valence-corrected chi connectivity index (χ2v) is 7.87. The molecule has 0 aliphatic rings. The minimum atomic E-state index is -0.0902. The van der Waals surface area contributed by atoms with Crippen LogP contribution in [0.4, 0.5) is 0 Å². The van der Waals surface area contributed by atoms with Gasteiger partial charge < -0.3 is 10.1 Å². The minimum Gasteiger partial charge on any atom is -0.492 e. The molecule has 0 spiro atoms. The first kappa shape index (κ1) is 20.9. The number of amides is 1. The maximum absolute atomic E-state index is 12.1. The minimum absolute atomic E-state index is 0.0902. The summed E-state index contributed by atoms with van der Waals surface area (Å²) >= 11 is 1.30. The van der Waals surface area contributed by atoms with Crippen molar-refractivity contribution < 1.29 is 9.53 Å². The van der Waals surface area contributed by atoms with Gasteiger partial charge in [0, 0.05) is 0 Å². The molecule has 0 atom stereocenters. The van der Waals surface area contributed by atoms with Gasteiger partial charge >= 0.3 is 0 Å². The normalized spacial score (nSPS) is 10.9. The summed E-state index contributed by atoms with van der Waals surface area (Å²) in [5.41, 5.74) is 3.26. The van der Waals surface area contributed by atoms with E-state index in [1.807, 2.05) is 43.3 Å². The van der Waals surface area contributed by atoms with Gasteiger partial charge in [0.05, 0.1) is 18.0 Å². The highest BCUT2D eigenvalue weighted by Gasteiger charge is 2.12. The Morgan fingerprint density at radius 1 is 1.21 bits per heavy atom. The van der Waals surface area contributed by atoms with Crippen LogP contribution in [0.2, 0.25) is 0 Å². The summed E-state index contributed by atoms with van der Waals surface area (Å²) in [6, 6.07) is 15.9. The number of nitrogens with zero attached hydrogens (tertiary/aromatic N) is 4. The first-order valence-electron chi connectivity index (χ1n) is 9.50. The van der Waals surface area contributed by atoms with E-state index < -0.39 is 0 Å². The maximum atomic E-state index is 12.1. The monoisotopic (exact) mass is 411 g/mol. The summed E-state index contributed by atoms with van der Waals surface area (Å²) in [7, 11) is 0. The van der Waals surface area contributed by atoms with Crippen LogP contribution in [0.3, 0.4) is 0 Å². The Kier molecular flexibility index (Phi) is 7.24. The molecule has 7 nitrogen and oxygen atoms in total. The molecule has 1 amide bonds. The number of thioether (sulfide) groups is 1. The Bertz CT molecular complexity index is 940. The van der Waals surface area contributed by atoms with E-state index in [9.17, 15) is 4.79 Å². The van der Waals surface area contributed by atoms with Gasteiger partial charge in [-0.1, -0.05) is 49.9 Å². The standard InChI is InChI=1S/C21H25N5O2S/c1-15(2)17-7-9-18(10-8-17)26-21(23-24-25-26)29-14-20(27)22-11-12-28-19-6-4-5-16(3)13-19/h4-10,13,15H,11-12,14H2,1-3H3,(H,22,27). The van der Waals surface area contributed by atoms with Gasteiger partial charge in [0.1, 0.15) is 12.4 Å². The van der Waals surface area contributed by atoms with Crippen LogP contribution in [0.1, 0.15) is 30.9 Å². The molecule has 152 valence electrons. The Balaban J connectivity index is 1.45. The topological polar surface area (TPSA) is 81.9 Å². The van der Waals surface area contributed by atoms with E-state index in [0.29, 0.717) is 24.2 Å². The van der Waals surface area contributed by atoms with Gasteiger partial charge in [-0.05, 0) is 58.7 Å². The molecule has 2 aromatic carbocycles. The molecule has 1 N–H and O–H groups in total. The summed E-state index contributed by atoms with van der Waals surface area (Å²) in [4.78, 5) is 12.1. The van der Waals surface area contributed by atoms with Crippen LogP contribution in [-0.2, 0) is 4.79 Å². The van der Waals surface area contributed by atoms with E-state index in [4.69, 9.17) is 4.74 Å². The van der Waals surface area contributed by atoms with E-state index in [2.05, 4.69) is 46.8 Å². The number of nitrogens with one attached hydrogen (secondary N) is 1. The summed E-state index contributed by atoms with van der Waals surface area (Å²) < 4.78 is 7.27. The van der Waals surface area contributed by atoms with Crippen LogP contribution in [0.5, 0.6) is 5.75 Å². The summed E-state index contributed by atoms with van der Waals surface area (Å²) in [6.07, 6.45) is 0. The largest absolute Gasteiger partial charge is 0.492 e. The lowest BCUT2D eigenvalue weighted by atomic mass is 10.0. The molecule has 8 heteroatoms. The van der Waals surface area contributed by atoms with Crippen molar-refractivity contribution in [1.29, 1.82) is 0 Å². The van der Waals surface area contributed by atoms with Gasteiger partial charge in [-0.2, -0.15) is 4.68 Å². The number of ether oxygens (including phenoxy) is 1. The first-order valence-corrected chi connectivity index (χ1v) is 10.5. The van der Waals surface area contributed by atoms with Gasteiger partial charge in [-0.15, -0.1) is 5.10 Å². The third-order valence-electron chi connectivity index (χ3n) is 4.26. The molecular weight excluding hydrogens is 386 g/mol. The zero-order valence-electron chi connectivity index (χ0n) is 16.8. The van der Waals surface area contributed by atoms with Crippen LogP contribution >= 0.6 is 11.8 Å². The molecule has 0 bridgehead atoms. The average Bonchev–Trinajstić information content (AvgIpc) is 3.18. The number of rotatable bonds is 9. The number of aryl methyl sites for hydroxylation is 1. The van der Waals surface area contributed by atoms with E-state index in [0.717, 1.165) is 17.0 Å². The Labute approximate surface area is 174 Å². The van der Waals surface area contributed by atoms with E-state index in [1.54, 1.807) is 4.68 Å². The zero-order chi connectivity index (χ0) is 20.6. The number of tetrazole rings is 1. The summed E-state index contributed by atoms with van der Waals surface area (Å²) in [5, 5.41) is 15.2. The second-order valence-electron chi connectivity index (χ2n) is 6.92. The third kappa shape index (κ3) is 6.05.